The fourth-order valence-electron chi connectivity index (χ4n) is 0. The number of hydrogen-bond acceptors (Lipinski definition) is 0. The van der Waals surface area contributed by atoms with Crippen molar-refractivity contribution in [1.29, 1.82) is 0 Å². The average Bonchev–Trinajstić information content (AvgIpc) is 0. The fourth-order valence-corrected chi connectivity index (χ4v) is 0. The smallest absolute Gasteiger partial charge is 0 e. The van der Waals surface area contributed by atoms with E-state index in [9.17, 15) is 0 Å². The molecule has 0 heterocycles. The van der Waals surface area contributed by atoms with Crippen molar-refractivity contribution >= 4 is 23.1 Å². The predicted molar refractivity (Wildman–Crippen MR) is 8.54 cm³/mol. The van der Waals surface area contributed by atoms with Gasteiger partial charge in [-0.3, -0.25) is 0 Å². The Morgan fingerprint density at radius 3 is 0.750 bits per heavy atom. The predicted octanol–water partition coefficient (Wildman–Crippen LogP) is -0.924. The molecule has 24 valence electrons. The van der Waals surface area contributed by atoms with E-state index in [-0.39, 0.29) is 84.3 Å². The molecule has 0 N–H and O–H groups in total. The van der Waals surface area contributed by atoms with Crippen LogP contribution in [0.4, 0.5) is 0 Å². The normalized spacial score (nSPS) is 0. The molecule has 0 unspecified atom stereocenters. The van der Waals surface area contributed by atoms with Crippen LogP contribution in [0.1, 0.15) is 0 Å². The quantitative estimate of drug-likeness (QED) is 0.500. The third-order valence-corrected chi connectivity index (χ3v) is 0. The minimum atomic E-state index is 0. The van der Waals surface area contributed by atoms with Crippen molar-refractivity contribution in [1.82, 2.24) is 0 Å². The van der Waals surface area contributed by atoms with Gasteiger partial charge in [0.2, 0.25) is 0 Å². The largest absolute Gasteiger partial charge is 0.316 e. The van der Waals surface area contributed by atoms with Crippen molar-refractivity contribution in [2.75, 3.05) is 0 Å². The molecule has 0 aromatic carbocycles. The maximum absolute atomic E-state index is 0. The summed E-state index contributed by atoms with van der Waals surface area (Å²) in [7, 11) is 0. The monoisotopic (exact) mass is 270 g/mol. The molecule has 0 bridgehead atoms. The van der Waals surface area contributed by atoms with Crippen LogP contribution in [0.15, 0.2) is 0 Å². The maximum Gasteiger partial charge on any atom is 0.316 e. The van der Waals surface area contributed by atoms with Gasteiger partial charge in [-0.2, -0.15) is 0 Å². The van der Waals surface area contributed by atoms with Crippen LogP contribution in [0.3, 0.4) is 0 Å². The van der Waals surface area contributed by atoms with Crippen molar-refractivity contribution < 1.29 is 61.3 Å². The van der Waals surface area contributed by atoms with Gasteiger partial charge in [-0.05, 0) is 0 Å². The minimum absolute atomic E-state index is 0. The molecule has 0 rings (SSSR count). The maximum atomic E-state index is 0. The van der Waals surface area contributed by atoms with Gasteiger partial charge in [-0.25, -0.2) is 0 Å². The van der Waals surface area contributed by atoms with E-state index >= 15 is 0 Å². The molecule has 0 aliphatic rings. The molecule has 0 fully saturated rings. The molecule has 0 saturated heterocycles. The van der Waals surface area contributed by atoms with Gasteiger partial charge >= 0.3 is 23.1 Å². The standard InChI is InChI=1S/Mg.2Nb.Ni.2H. The van der Waals surface area contributed by atoms with E-state index < -0.39 is 0 Å². The van der Waals surface area contributed by atoms with Gasteiger partial charge in [0, 0.05) is 61.3 Å². The summed E-state index contributed by atoms with van der Waals surface area (Å²) in [5.41, 5.74) is 0. The Labute approximate surface area is 83.0 Å². The van der Waals surface area contributed by atoms with Crippen molar-refractivity contribution in [3.8, 4) is 0 Å². The summed E-state index contributed by atoms with van der Waals surface area (Å²) in [6, 6.07) is 0. The Hall–Kier alpha value is 2.74. The van der Waals surface area contributed by atoms with Gasteiger partial charge in [0.05, 0.1) is 0 Å². The first-order valence-corrected chi connectivity index (χ1v) is 0. The van der Waals surface area contributed by atoms with Crippen LogP contribution in [0.25, 0.3) is 0 Å². The molecule has 0 aromatic heterocycles. The van der Waals surface area contributed by atoms with Gasteiger partial charge in [-0.15, -0.1) is 0 Å². The summed E-state index contributed by atoms with van der Waals surface area (Å²) < 4.78 is 0. The van der Waals surface area contributed by atoms with Crippen LogP contribution >= 0.6 is 0 Å². The first-order chi connectivity index (χ1) is 0. The fraction of sp³-hybridized carbons (Fsp3) is 0. The first-order valence-electron chi connectivity index (χ1n) is 0. The Kier molecular flexibility index (Phi) is 127. The van der Waals surface area contributed by atoms with E-state index in [2.05, 4.69) is 0 Å². The van der Waals surface area contributed by atoms with Crippen molar-refractivity contribution in [3.63, 3.8) is 0 Å². The zero-order valence-electron chi connectivity index (χ0n) is 1.21. The second-order valence-corrected chi connectivity index (χ2v) is 0. The summed E-state index contributed by atoms with van der Waals surface area (Å²) in [4.78, 5) is 0. The molecule has 4 heavy (non-hydrogen) atoms. The molecule has 0 amide bonds. The van der Waals surface area contributed by atoms with Crippen molar-refractivity contribution in [3.05, 3.63) is 0 Å². The van der Waals surface area contributed by atoms with Crippen LogP contribution in [0, 0.1) is 0 Å². The summed E-state index contributed by atoms with van der Waals surface area (Å²) in [6.45, 7) is 0. The van der Waals surface area contributed by atoms with E-state index in [4.69, 9.17) is 0 Å². The van der Waals surface area contributed by atoms with Gasteiger partial charge in [0.25, 0.3) is 0 Å². The van der Waals surface area contributed by atoms with Crippen LogP contribution in [-0.4, -0.2) is 23.1 Å². The topological polar surface area (TPSA) is 0 Å². The summed E-state index contributed by atoms with van der Waals surface area (Å²) in [6.07, 6.45) is 0. The average molecular weight is 271 g/mol. The number of hydrogen-bond donors (Lipinski definition) is 0. The van der Waals surface area contributed by atoms with Crippen LogP contribution in [-0.2, 0) is 61.3 Å². The van der Waals surface area contributed by atoms with E-state index in [1.54, 1.807) is 0 Å². The van der Waals surface area contributed by atoms with Crippen molar-refractivity contribution in [2.45, 2.75) is 0 Å². The third-order valence-electron chi connectivity index (χ3n) is 0. The Morgan fingerprint density at radius 1 is 0.750 bits per heavy atom. The number of rotatable bonds is 0. The minimum Gasteiger partial charge on any atom is 0 e. The van der Waals surface area contributed by atoms with Crippen molar-refractivity contribution in [2.24, 2.45) is 0 Å². The second-order valence-electron chi connectivity index (χ2n) is 0. The zero-order chi connectivity index (χ0) is 0. The summed E-state index contributed by atoms with van der Waals surface area (Å²) in [5, 5.41) is 0. The first kappa shape index (κ1) is 29.6. The molecule has 0 atom stereocenters. The zero-order valence-corrected chi connectivity index (χ0v) is 6.60. The van der Waals surface area contributed by atoms with Crippen LogP contribution < -0.4 is 0 Å². The Morgan fingerprint density at radius 2 is 0.750 bits per heavy atom. The van der Waals surface area contributed by atoms with Gasteiger partial charge < -0.3 is 0 Å². The molecule has 0 saturated carbocycles. The van der Waals surface area contributed by atoms with E-state index in [0.717, 1.165) is 0 Å². The third kappa shape index (κ3) is 8.83. The summed E-state index contributed by atoms with van der Waals surface area (Å²) >= 11 is 0. The molecule has 0 aliphatic heterocycles. The molecule has 0 aromatic rings. The van der Waals surface area contributed by atoms with Crippen LogP contribution in [0.5, 0.6) is 0 Å². The summed E-state index contributed by atoms with van der Waals surface area (Å²) in [5.74, 6) is 0. The Balaban J connectivity index is 0. The van der Waals surface area contributed by atoms with E-state index in [0.29, 0.717) is 0 Å². The Bertz CT molecular complexity index is 6.00. The molecule has 4 heteroatoms. The van der Waals surface area contributed by atoms with Gasteiger partial charge in [0.15, 0.2) is 0 Å². The van der Waals surface area contributed by atoms with Gasteiger partial charge in [-0.1, -0.05) is 0 Å². The second kappa shape index (κ2) is 17.2. The molecular weight excluding hydrogens is 269 g/mol. The molecular formula is H2MgNb2Ni. The molecule has 0 nitrogen and oxygen atoms in total. The van der Waals surface area contributed by atoms with E-state index in [1.165, 1.54) is 0 Å². The van der Waals surface area contributed by atoms with E-state index in [1.807, 2.05) is 0 Å². The SMILES string of the molecule is [MgH2].[Nb].[Nb].[Ni]. The van der Waals surface area contributed by atoms with Gasteiger partial charge in [0.1, 0.15) is 0 Å². The van der Waals surface area contributed by atoms with Crippen LogP contribution in [0.2, 0.25) is 0 Å². The molecule has 0 spiro atoms. The molecule has 0 aliphatic carbocycles. The molecule has 2 radical (unpaired) electrons.